The van der Waals surface area contributed by atoms with E-state index in [0.717, 1.165) is 0 Å². The number of benzene rings is 1. The Labute approximate surface area is 108 Å². The fourth-order valence-electron chi connectivity index (χ4n) is 2.13. The minimum Gasteiger partial charge on any atom is -0.448 e. The number of nitrogens with one attached hydrogen (secondary N) is 1. The first-order valence-electron chi connectivity index (χ1n) is 6.39. The van der Waals surface area contributed by atoms with Crippen molar-refractivity contribution >= 4 is 6.09 Å². The van der Waals surface area contributed by atoms with Gasteiger partial charge in [0.05, 0.1) is 0 Å². The number of hydrogen-bond acceptors (Lipinski definition) is 3. The number of primary amides is 1. The van der Waals surface area contributed by atoms with Gasteiger partial charge in [-0.15, -0.1) is 0 Å². The van der Waals surface area contributed by atoms with Crippen LogP contribution >= 0.6 is 0 Å². The third-order valence-corrected chi connectivity index (χ3v) is 3.24. The maximum Gasteiger partial charge on any atom is 0.404 e. The van der Waals surface area contributed by atoms with E-state index in [9.17, 15) is 4.79 Å². The SMILES string of the molecule is Cc1ccc(C(NCCOC(N)=O)C2CC2)cc1. The van der Waals surface area contributed by atoms with Crippen LogP contribution in [0.15, 0.2) is 24.3 Å². The van der Waals surface area contributed by atoms with Crippen molar-refractivity contribution in [3.8, 4) is 0 Å². The lowest BCUT2D eigenvalue weighted by molar-refractivity contribution is 0.155. The monoisotopic (exact) mass is 248 g/mol. The number of carbonyl (C=O) groups is 1. The highest BCUT2D eigenvalue weighted by atomic mass is 16.5. The molecule has 18 heavy (non-hydrogen) atoms. The summed E-state index contributed by atoms with van der Waals surface area (Å²) in [6.07, 6.45) is 1.82. The predicted octanol–water partition coefficient (Wildman–Crippen LogP) is 2.13. The Morgan fingerprint density at radius 2 is 2.11 bits per heavy atom. The fourth-order valence-corrected chi connectivity index (χ4v) is 2.13. The Morgan fingerprint density at radius 1 is 1.44 bits per heavy atom. The largest absolute Gasteiger partial charge is 0.448 e. The van der Waals surface area contributed by atoms with Crippen LogP contribution in [0.2, 0.25) is 0 Å². The van der Waals surface area contributed by atoms with Crippen LogP contribution in [0.1, 0.15) is 30.0 Å². The predicted molar refractivity (Wildman–Crippen MR) is 70.2 cm³/mol. The van der Waals surface area contributed by atoms with Crippen molar-refractivity contribution in [1.29, 1.82) is 0 Å². The lowest BCUT2D eigenvalue weighted by Gasteiger charge is -2.18. The first-order valence-corrected chi connectivity index (χ1v) is 6.39. The highest BCUT2D eigenvalue weighted by Crippen LogP contribution is 2.40. The summed E-state index contributed by atoms with van der Waals surface area (Å²) in [6, 6.07) is 8.96. The van der Waals surface area contributed by atoms with Gasteiger partial charge in [-0.05, 0) is 31.2 Å². The molecule has 4 heteroatoms. The van der Waals surface area contributed by atoms with Crippen molar-refractivity contribution in [2.75, 3.05) is 13.2 Å². The lowest BCUT2D eigenvalue weighted by atomic mass is 10.0. The number of carbonyl (C=O) groups excluding carboxylic acids is 1. The van der Waals surface area contributed by atoms with Gasteiger partial charge in [-0.1, -0.05) is 29.8 Å². The Kier molecular flexibility index (Phi) is 4.20. The molecule has 0 bridgehead atoms. The standard InChI is InChI=1S/C14H20N2O2/c1-10-2-4-11(5-3-10)13(12-6-7-12)16-8-9-18-14(15)17/h2-5,12-13,16H,6-9H2,1H3,(H2,15,17). The van der Waals surface area contributed by atoms with E-state index in [2.05, 4.69) is 36.5 Å². The second-order valence-corrected chi connectivity index (χ2v) is 4.85. The molecule has 1 aromatic carbocycles. The first-order chi connectivity index (χ1) is 8.66. The van der Waals surface area contributed by atoms with Gasteiger partial charge in [-0.3, -0.25) is 0 Å². The molecule has 4 nitrogen and oxygen atoms in total. The number of ether oxygens (including phenoxy) is 1. The van der Waals surface area contributed by atoms with Crippen LogP contribution in [0.3, 0.4) is 0 Å². The molecule has 1 aliphatic rings. The fraction of sp³-hybridized carbons (Fsp3) is 0.500. The Morgan fingerprint density at radius 3 is 2.67 bits per heavy atom. The van der Waals surface area contributed by atoms with Gasteiger partial charge in [-0.2, -0.15) is 0 Å². The van der Waals surface area contributed by atoms with Gasteiger partial charge in [0.2, 0.25) is 0 Å². The van der Waals surface area contributed by atoms with Gasteiger partial charge >= 0.3 is 6.09 Å². The molecule has 0 spiro atoms. The van der Waals surface area contributed by atoms with E-state index in [1.165, 1.54) is 24.0 Å². The average molecular weight is 248 g/mol. The zero-order chi connectivity index (χ0) is 13.0. The van der Waals surface area contributed by atoms with Crippen LogP contribution in [0.4, 0.5) is 4.79 Å². The number of nitrogens with two attached hydrogens (primary N) is 1. The van der Waals surface area contributed by atoms with E-state index >= 15 is 0 Å². The molecule has 0 saturated heterocycles. The maximum absolute atomic E-state index is 10.5. The smallest absolute Gasteiger partial charge is 0.404 e. The van der Waals surface area contributed by atoms with Gasteiger partial charge < -0.3 is 15.8 Å². The molecule has 1 atom stereocenters. The minimum atomic E-state index is -0.713. The van der Waals surface area contributed by atoms with Crippen LogP contribution in [-0.4, -0.2) is 19.2 Å². The Bertz CT molecular complexity index is 399. The summed E-state index contributed by atoms with van der Waals surface area (Å²) in [4.78, 5) is 10.5. The van der Waals surface area contributed by atoms with Crippen molar-refractivity contribution in [3.05, 3.63) is 35.4 Å². The average Bonchev–Trinajstić information content (AvgIpc) is 3.15. The van der Waals surface area contributed by atoms with E-state index in [1.807, 2.05) is 0 Å². The molecular formula is C14H20N2O2. The van der Waals surface area contributed by atoms with Crippen molar-refractivity contribution in [1.82, 2.24) is 5.32 Å². The second kappa shape index (κ2) is 5.87. The van der Waals surface area contributed by atoms with Crippen molar-refractivity contribution in [3.63, 3.8) is 0 Å². The van der Waals surface area contributed by atoms with E-state index in [4.69, 9.17) is 10.5 Å². The molecule has 98 valence electrons. The molecule has 0 aliphatic heterocycles. The molecule has 1 fully saturated rings. The Balaban J connectivity index is 1.88. The summed E-state index contributed by atoms with van der Waals surface area (Å²) in [7, 11) is 0. The third-order valence-electron chi connectivity index (χ3n) is 3.24. The van der Waals surface area contributed by atoms with Crippen LogP contribution < -0.4 is 11.1 Å². The quantitative estimate of drug-likeness (QED) is 0.758. The molecule has 1 saturated carbocycles. The molecule has 0 heterocycles. The molecule has 3 N–H and O–H groups in total. The van der Waals surface area contributed by atoms with Crippen molar-refractivity contribution in [2.24, 2.45) is 11.7 Å². The van der Waals surface area contributed by atoms with Crippen LogP contribution in [0.5, 0.6) is 0 Å². The molecule has 1 amide bonds. The molecule has 1 unspecified atom stereocenters. The van der Waals surface area contributed by atoms with E-state index in [-0.39, 0.29) is 0 Å². The highest BCUT2D eigenvalue weighted by molar-refractivity contribution is 5.64. The zero-order valence-corrected chi connectivity index (χ0v) is 10.7. The minimum absolute atomic E-state index is 0.324. The molecule has 0 radical (unpaired) electrons. The summed E-state index contributed by atoms with van der Waals surface area (Å²) in [6.45, 7) is 3.05. The van der Waals surface area contributed by atoms with Crippen molar-refractivity contribution < 1.29 is 9.53 Å². The number of hydrogen-bond donors (Lipinski definition) is 2. The van der Waals surface area contributed by atoms with Gasteiger partial charge in [0.1, 0.15) is 6.61 Å². The highest BCUT2D eigenvalue weighted by Gasteiger charge is 2.31. The number of rotatable bonds is 6. The van der Waals surface area contributed by atoms with Gasteiger partial charge in [0.25, 0.3) is 0 Å². The molecular weight excluding hydrogens is 228 g/mol. The second-order valence-electron chi connectivity index (χ2n) is 4.85. The zero-order valence-electron chi connectivity index (χ0n) is 10.7. The van der Waals surface area contributed by atoms with Crippen LogP contribution in [0, 0.1) is 12.8 Å². The lowest BCUT2D eigenvalue weighted by Crippen LogP contribution is -2.28. The summed E-state index contributed by atoms with van der Waals surface area (Å²) in [5.41, 5.74) is 7.50. The molecule has 1 aliphatic carbocycles. The Hall–Kier alpha value is -1.55. The molecule has 0 aromatic heterocycles. The third kappa shape index (κ3) is 3.74. The number of aryl methyl sites for hydroxylation is 1. The summed E-state index contributed by atoms with van der Waals surface area (Å²) in [5, 5.41) is 3.44. The normalized spacial score (nSPS) is 16.3. The van der Waals surface area contributed by atoms with Gasteiger partial charge in [-0.25, -0.2) is 4.79 Å². The molecule has 1 aromatic rings. The summed E-state index contributed by atoms with van der Waals surface area (Å²) < 4.78 is 4.72. The topological polar surface area (TPSA) is 64.3 Å². The van der Waals surface area contributed by atoms with Crippen molar-refractivity contribution in [2.45, 2.75) is 25.8 Å². The van der Waals surface area contributed by atoms with Gasteiger partial charge in [0, 0.05) is 12.6 Å². The van der Waals surface area contributed by atoms with Gasteiger partial charge in [0.15, 0.2) is 0 Å². The maximum atomic E-state index is 10.5. The first kappa shape index (κ1) is 12.9. The molecule has 2 rings (SSSR count). The summed E-state index contributed by atoms with van der Waals surface area (Å²) >= 11 is 0. The van der Waals surface area contributed by atoms with E-state index < -0.39 is 6.09 Å². The van der Waals surface area contributed by atoms with Crippen LogP contribution in [-0.2, 0) is 4.74 Å². The van der Waals surface area contributed by atoms with Crippen LogP contribution in [0.25, 0.3) is 0 Å². The summed E-state index contributed by atoms with van der Waals surface area (Å²) in [5.74, 6) is 0.710. The van der Waals surface area contributed by atoms with E-state index in [1.54, 1.807) is 0 Å². The number of amides is 1. The van der Waals surface area contributed by atoms with E-state index in [0.29, 0.717) is 25.1 Å².